The van der Waals surface area contributed by atoms with E-state index < -0.39 is 12.0 Å². The predicted octanol–water partition coefficient (Wildman–Crippen LogP) is 4.59. The number of halogens is 2. The highest BCUT2D eigenvalue weighted by Crippen LogP contribution is 2.33. The van der Waals surface area contributed by atoms with Crippen LogP contribution < -0.4 is 15.0 Å². The zero-order valence-electron chi connectivity index (χ0n) is 15.5. The first-order valence-corrected chi connectivity index (χ1v) is 10.7. The molecule has 0 spiro atoms. The lowest BCUT2D eigenvalue weighted by Crippen LogP contribution is -2.35. The number of hydrogen-bond donors (Lipinski definition) is 2. The minimum Gasteiger partial charge on any atom is -0.480 e. The van der Waals surface area contributed by atoms with Crippen molar-refractivity contribution in [3.05, 3.63) is 69.2 Å². The number of aliphatic carboxylic acids is 1. The van der Waals surface area contributed by atoms with Crippen molar-refractivity contribution >= 4 is 49.3 Å². The van der Waals surface area contributed by atoms with Gasteiger partial charge in [0.25, 0.3) is 0 Å². The minimum atomic E-state index is -0.810. The van der Waals surface area contributed by atoms with E-state index in [0.29, 0.717) is 24.3 Å². The molecule has 1 aliphatic rings. The summed E-state index contributed by atoms with van der Waals surface area (Å²) in [6, 6.07) is 12.2. The SMILES string of the molecule is O=C(/C=C\NCOc1cc(N2CCCC2C(=O)O)ccc1Br)c1ccc(Br)cc1. The molecule has 0 aliphatic carbocycles. The first-order valence-electron chi connectivity index (χ1n) is 9.07. The highest BCUT2D eigenvalue weighted by Gasteiger charge is 2.30. The van der Waals surface area contributed by atoms with Gasteiger partial charge in [-0.3, -0.25) is 4.79 Å². The molecule has 29 heavy (non-hydrogen) atoms. The Labute approximate surface area is 185 Å². The van der Waals surface area contributed by atoms with Gasteiger partial charge in [-0.05, 0) is 65.2 Å². The van der Waals surface area contributed by atoms with Crippen molar-refractivity contribution in [3.8, 4) is 5.75 Å². The van der Waals surface area contributed by atoms with Gasteiger partial charge in [0.05, 0.1) is 4.47 Å². The highest BCUT2D eigenvalue weighted by atomic mass is 79.9. The van der Waals surface area contributed by atoms with Gasteiger partial charge < -0.3 is 20.1 Å². The number of hydrogen-bond acceptors (Lipinski definition) is 5. The third-order valence-electron chi connectivity index (χ3n) is 4.58. The monoisotopic (exact) mass is 522 g/mol. The van der Waals surface area contributed by atoms with Crippen LogP contribution in [0.15, 0.2) is 63.7 Å². The number of ether oxygens (including phenoxy) is 1. The van der Waals surface area contributed by atoms with Gasteiger partial charge in [0.2, 0.25) is 0 Å². The lowest BCUT2D eigenvalue weighted by atomic mass is 10.1. The molecule has 1 unspecified atom stereocenters. The molecule has 1 fully saturated rings. The van der Waals surface area contributed by atoms with Crippen LogP contribution in [-0.4, -0.2) is 36.2 Å². The van der Waals surface area contributed by atoms with Gasteiger partial charge in [-0.2, -0.15) is 0 Å². The van der Waals surface area contributed by atoms with Crippen LogP contribution in [0.1, 0.15) is 23.2 Å². The first kappa shape index (κ1) is 21.4. The summed E-state index contributed by atoms with van der Waals surface area (Å²) in [5, 5.41) is 12.3. The summed E-state index contributed by atoms with van der Waals surface area (Å²) in [6.45, 7) is 0.867. The lowest BCUT2D eigenvalue weighted by Gasteiger charge is -2.24. The first-order chi connectivity index (χ1) is 14.0. The van der Waals surface area contributed by atoms with E-state index in [2.05, 4.69) is 37.2 Å². The van der Waals surface area contributed by atoms with Crippen molar-refractivity contribution in [1.29, 1.82) is 0 Å². The summed E-state index contributed by atoms with van der Waals surface area (Å²) in [4.78, 5) is 25.4. The number of ketones is 1. The molecule has 0 bridgehead atoms. The van der Waals surface area contributed by atoms with Crippen molar-refractivity contribution < 1.29 is 19.4 Å². The number of carbonyl (C=O) groups is 2. The zero-order valence-corrected chi connectivity index (χ0v) is 18.6. The largest absolute Gasteiger partial charge is 0.480 e. The molecule has 1 saturated heterocycles. The fourth-order valence-corrected chi connectivity index (χ4v) is 3.75. The maximum absolute atomic E-state index is 12.1. The topological polar surface area (TPSA) is 78.9 Å². The Morgan fingerprint density at radius 2 is 1.97 bits per heavy atom. The number of allylic oxidation sites excluding steroid dienone is 1. The van der Waals surface area contributed by atoms with E-state index in [0.717, 1.165) is 21.1 Å². The summed E-state index contributed by atoms with van der Waals surface area (Å²) in [5.41, 5.74) is 1.41. The fraction of sp³-hybridized carbons (Fsp3) is 0.238. The number of nitrogens with zero attached hydrogens (tertiary/aromatic N) is 1. The summed E-state index contributed by atoms with van der Waals surface area (Å²) >= 11 is 6.79. The molecule has 1 heterocycles. The Bertz CT molecular complexity index is 915. The Hall–Kier alpha value is -2.32. The normalized spacial score (nSPS) is 16.2. The second kappa shape index (κ2) is 9.93. The molecular formula is C21H20Br2N2O4. The standard InChI is InChI=1S/C21H20Br2N2O4/c22-15-5-3-14(4-6-15)19(26)9-10-24-13-29-20-12-16(7-8-17(20)23)25-11-1-2-18(25)21(27)28/h3-10,12,18,24H,1-2,11,13H2,(H,27,28)/b10-9-. The third kappa shape index (κ3) is 5.61. The van der Waals surface area contributed by atoms with Crippen molar-refractivity contribution in [2.75, 3.05) is 18.2 Å². The fourth-order valence-electron chi connectivity index (χ4n) is 3.13. The molecule has 2 aromatic carbocycles. The molecule has 2 aromatic rings. The van der Waals surface area contributed by atoms with E-state index >= 15 is 0 Å². The Morgan fingerprint density at radius 3 is 2.69 bits per heavy atom. The number of anilines is 1. The summed E-state index contributed by atoms with van der Waals surface area (Å²) < 4.78 is 7.42. The van der Waals surface area contributed by atoms with Crippen LogP contribution in [0.3, 0.4) is 0 Å². The number of carboxylic acid groups (broad SMARTS) is 1. The molecule has 0 radical (unpaired) electrons. The molecule has 6 nitrogen and oxygen atoms in total. The molecule has 8 heteroatoms. The van der Waals surface area contributed by atoms with E-state index in [4.69, 9.17) is 4.74 Å². The number of carboxylic acids is 1. The van der Waals surface area contributed by atoms with E-state index in [1.807, 2.05) is 35.2 Å². The van der Waals surface area contributed by atoms with Gasteiger partial charge in [0, 0.05) is 40.6 Å². The molecule has 2 N–H and O–H groups in total. The highest BCUT2D eigenvalue weighted by molar-refractivity contribution is 9.10. The summed E-state index contributed by atoms with van der Waals surface area (Å²) in [6.07, 6.45) is 4.48. The van der Waals surface area contributed by atoms with Crippen LogP contribution in [0, 0.1) is 0 Å². The van der Waals surface area contributed by atoms with Gasteiger partial charge in [-0.25, -0.2) is 4.79 Å². The van der Waals surface area contributed by atoms with Crippen LogP contribution in [0.2, 0.25) is 0 Å². The maximum Gasteiger partial charge on any atom is 0.326 e. The molecule has 1 atom stereocenters. The van der Waals surface area contributed by atoms with Crippen LogP contribution in [0.4, 0.5) is 5.69 Å². The number of nitrogens with one attached hydrogen (secondary N) is 1. The molecular weight excluding hydrogens is 504 g/mol. The average molecular weight is 524 g/mol. The van der Waals surface area contributed by atoms with Crippen molar-refractivity contribution in [3.63, 3.8) is 0 Å². The quantitative estimate of drug-likeness (QED) is 0.228. The smallest absolute Gasteiger partial charge is 0.326 e. The third-order valence-corrected chi connectivity index (χ3v) is 5.76. The molecule has 3 rings (SSSR count). The predicted molar refractivity (Wildman–Crippen MR) is 118 cm³/mol. The van der Waals surface area contributed by atoms with Crippen molar-refractivity contribution in [2.24, 2.45) is 0 Å². The van der Waals surface area contributed by atoms with E-state index in [9.17, 15) is 14.7 Å². The molecule has 0 aromatic heterocycles. The van der Waals surface area contributed by atoms with Gasteiger partial charge in [-0.15, -0.1) is 0 Å². The average Bonchev–Trinajstić information content (AvgIpc) is 3.19. The Kier molecular flexibility index (Phi) is 7.33. The second-order valence-electron chi connectivity index (χ2n) is 6.50. The number of benzene rings is 2. The zero-order chi connectivity index (χ0) is 20.8. The van der Waals surface area contributed by atoms with E-state index in [-0.39, 0.29) is 12.5 Å². The van der Waals surface area contributed by atoms with Gasteiger partial charge in [-0.1, -0.05) is 15.9 Å². The second-order valence-corrected chi connectivity index (χ2v) is 8.27. The summed E-state index contributed by atoms with van der Waals surface area (Å²) in [7, 11) is 0. The molecule has 152 valence electrons. The molecule has 0 saturated carbocycles. The maximum atomic E-state index is 12.1. The van der Waals surface area contributed by atoms with E-state index in [1.165, 1.54) is 6.08 Å². The number of carbonyl (C=O) groups excluding carboxylic acids is 1. The lowest BCUT2D eigenvalue weighted by molar-refractivity contribution is -0.138. The van der Waals surface area contributed by atoms with Crippen LogP contribution in [-0.2, 0) is 4.79 Å². The molecule has 1 aliphatic heterocycles. The minimum absolute atomic E-state index is 0.109. The van der Waals surface area contributed by atoms with Crippen LogP contribution in [0.25, 0.3) is 0 Å². The molecule has 0 amide bonds. The Morgan fingerprint density at radius 1 is 1.21 bits per heavy atom. The van der Waals surface area contributed by atoms with Gasteiger partial charge >= 0.3 is 5.97 Å². The van der Waals surface area contributed by atoms with Crippen molar-refractivity contribution in [1.82, 2.24) is 5.32 Å². The van der Waals surface area contributed by atoms with Crippen LogP contribution >= 0.6 is 31.9 Å². The number of rotatable bonds is 8. The van der Waals surface area contributed by atoms with Crippen molar-refractivity contribution in [2.45, 2.75) is 18.9 Å². The van der Waals surface area contributed by atoms with Gasteiger partial charge in [0.1, 0.15) is 11.8 Å². The van der Waals surface area contributed by atoms with Gasteiger partial charge in [0.15, 0.2) is 12.5 Å². The Balaban J connectivity index is 1.56. The van der Waals surface area contributed by atoms with E-state index in [1.54, 1.807) is 18.3 Å². The summed E-state index contributed by atoms with van der Waals surface area (Å²) in [5.74, 6) is -0.323. The van der Waals surface area contributed by atoms with Crippen LogP contribution in [0.5, 0.6) is 5.75 Å².